The van der Waals surface area contributed by atoms with Gasteiger partial charge in [-0.05, 0) is 47.5 Å². The molecule has 3 nitrogen and oxygen atoms in total. The summed E-state index contributed by atoms with van der Waals surface area (Å²) in [5.74, 6) is 1.57. The zero-order valence-electron chi connectivity index (χ0n) is 15.2. The van der Waals surface area contributed by atoms with Gasteiger partial charge in [-0.2, -0.15) is 0 Å². The summed E-state index contributed by atoms with van der Waals surface area (Å²) >= 11 is 17.5. The Bertz CT molecular complexity index is 961. The summed E-state index contributed by atoms with van der Waals surface area (Å²) in [7, 11) is 1.65. The molecular weight excluding hydrogens is 413 g/mol. The van der Waals surface area contributed by atoms with Gasteiger partial charge in [-0.25, -0.2) is 0 Å². The van der Waals surface area contributed by atoms with E-state index >= 15 is 0 Å². The van der Waals surface area contributed by atoms with Crippen LogP contribution in [0.5, 0.6) is 11.5 Å². The minimum Gasteiger partial charge on any atom is -0.497 e. The van der Waals surface area contributed by atoms with E-state index in [-0.39, 0.29) is 0 Å². The van der Waals surface area contributed by atoms with Crippen LogP contribution in [0, 0.1) is 0 Å². The first-order valence-corrected chi connectivity index (χ1v) is 9.79. The zero-order chi connectivity index (χ0) is 19.9. The first-order valence-electron chi connectivity index (χ1n) is 8.63. The van der Waals surface area contributed by atoms with Gasteiger partial charge in [0.2, 0.25) is 0 Å². The Morgan fingerprint density at radius 2 is 1.64 bits per heavy atom. The van der Waals surface area contributed by atoms with Crippen LogP contribution in [0.3, 0.4) is 0 Å². The van der Waals surface area contributed by atoms with Crippen LogP contribution < -0.4 is 14.8 Å². The summed E-state index contributed by atoms with van der Waals surface area (Å²) in [5.41, 5.74) is 2.96. The monoisotopic (exact) mass is 431 g/mol. The molecule has 0 radical (unpaired) electrons. The Hall–Kier alpha value is -2.27. The number of ether oxygens (including phenoxy) is 2. The van der Waals surface area contributed by atoms with E-state index in [2.05, 4.69) is 5.32 Å². The van der Waals surface area contributed by atoms with Crippen LogP contribution in [0.15, 0.2) is 66.7 Å². The number of hydrogen-bond donors (Lipinski definition) is 1. The normalized spacial score (nSPS) is 10.4. The highest BCUT2D eigenvalue weighted by atomic mass is 35.5. The molecule has 3 aromatic rings. The van der Waals surface area contributed by atoms with Crippen molar-refractivity contribution in [2.75, 3.05) is 7.11 Å². The number of benzene rings is 3. The molecule has 0 fully saturated rings. The second-order valence-corrected chi connectivity index (χ2v) is 7.32. The van der Waals surface area contributed by atoms with E-state index < -0.39 is 0 Å². The molecular formula is C22H19Cl2NO2S. The predicted molar refractivity (Wildman–Crippen MR) is 119 cm³/mol. The molecule has 3 aromatic carbocycles. The fourth-order valence-electron chi connectivity index (χ4n) is 2.55. The van der Waals surface area contributed by atoms with Crippen molar-refractivity contribution < 1.29 is 9.47 Å². The van der Waals surface area contributed by atoms with Gasteiger partial charge in [0.15, 0.2) is 0 Å². The molecule has 0 saturated heterocycles. The summed E-state index contributed by atoms with van der Waals surface area (Å²) in [6.45, 7) is 1.03. The Morgan fingerprint density at radius 1 is 0.893 bits per heavy atom. The largest absolute Gasteiger partial charge is 0.497 e. The molecule has 0 spiro atoms. The van der Waals surface area contributed by atoms with Crippen LogP contribution in [0.2, 0.25) is 10.0 Å². The third-order valence-corrected chi connectivity index (χ3v) is 5.22. The highest BCUT2D eigenvalue weighted by Gasteiger charge is 2.05. The lowest BCUT2D eigenvalue weighted by molar-refractivity contribution is 0.306. The van der Waals surface area contributed by atoms with Crippen molar-refractivity contribution in [1.82, 2.24) is 5.32 Å². The number of thiocarbonyl (C=S) groups is 1. The quantitative estimate of drug-likeness (QED) is 0.461. The zero-order valence-corrected chi connectivity index (χ0v) is 17.6. The van der Waals surface area contributed by atoms with Gasteiger partial charge in [0, 0.05) is 12.1 Å². The molecule has 0 aliphatic heterocycles. The Balaban J connectivity index is 1.58. The van der Waals surface area contributed by atoms with Gasteiger partial charge in [-0.3, -0.25) is 0 Å². The summed E-state index contributed by atoms with van der Waals surface area (Å²) in [6, 6.07) is 21.0. The SMILES string of the molecule is COc1ccc(CNC(=S)c2cccc(OCc3ccc(Cl)c(Cl)c3)c2)cc1. The number of hydrogen-bond acceptors (Lipinski definition) is 3. The van der Waals surface area contributed by atoms with E-state index in [9.17, 15) is 0 Å². The lowest BCUT2D eigenvalue weighted by Gasteiger charge is -2.11. The first-order chi connectivity index (χ1) is 13.5. The van der Waals surface area contributed by atoms with Crippen molar-refractivity contribution in [3.8, 4) is 11.5 Å². The average molecular weight is 432 g/mol. The van der Waals surface area contributed by atoms with E-state index in [4.69, 9.17) is 44.9 Å². The second kappa shape index (κ2) is 9.78. The summed E-state index contributed by atoms with van der Waals surface area (Å²) in [5, 5.41) is 4.31. The topological polar surface area (TPSA) is 30.5 Å². The third-order valence-electron chi connectivity index (χ3n) is 4.10. The van der Waals surface area contributed by atoms with Crippen molar-refractivity contribution in [2.24, 2.45) is 0 Å². The molecule has 0 unspecified atom stereocenters. The number of halogens is 2. The Labute approximate surface area is 180 Å². The van der Waals surface area contributed by atoms with E-state index in [0.717, 1.165) is 28.2 Å². The molecule has 0 aromatic heterocycles. The van der Waals surface area contributed by atoms with E-state index in [1.165, 1.54) is 0 Å². The summed E-state index contributed by atoms with van der Waals surface area (Å²) in [4.78, 5) is 0.663. The molecule has 0 saturated carbocycles. The van der Waals surface area contributed by atoms with Crippen LogP contribution in [-0.2, 0) is 13.2 Å². The summed E-state index contributed by atoms with van der Waals surface area (Å²) < 4.78 is 11.0. The van der Waals surface area contributed by atoms with Crippen LogP contribution in [0.1, 0.15) is 16.7 Å². The van der Waals surface area contributed by atoms with Gasteiger partial charge in [-0.15, -0.1) is 0 Å². The Kier molecular flexibility index (Phi) is 7.15. The van der Waals surface area contributed by atoms with Crippen LogP contribution in [-0.4, -0.2) is 12.1 Å². The Morgan fingerprint density at radius 3 is 2.36 bits per heavy atom. The van der Waals surface area contributed by atoms with E-state index in [0.29, 0.717) is 28.2 Å². The molecule has 0 bridgehead atoms. The second-order valence-electron chi connectivity index (χ2n) is 6.10. The maximum absolute atomic E-state index is 6.04. The predicted octanol–water partition coefficient (Wildman–Crippen LogP) is 6.05. The minimum atomic E-state index is 0.395. The highest BCUT2D eigenvalue weighted by Crippen LogP contribution is 2.23. The maximum Gasteiger partial charge on any atom is 0.120 e. The lowest BCUT2D eigenvalue weighted by Crippen LogP contribution is -2.21. The van der Waals surface area contributed by atoms with Crippen molar-refractivity contribution in [3.63, 3.8) is 0 Å². The highest BCUT2D eigenvalue weighted by molar-refractivity contribution is 7.80. The van der Waals surface area contributed by atoms with Gasteiger partial charge in [-0.1, -0.05) is 65.8 Å². The smallest absolute Gasteiger partial charge is 0.120 e. The fraction of sp³-hybridized carbons (Fsp3) is 0.136. The number of nitrogens with one attached hydrogen (secondary N) is 1. The fourth-order valence-corrected chi connectivity index (χ4v) is 3.07. The standard InChI is InChI=1S/C22H19Cl2NO2S/c1-26-18-8-5-15(6-9-18)13-25-22(28)17-3-2-4-19(12-17)27-14-16-7-10-20(23)21(24)11-16/h2-12H,13-14H2,1H3,(H,25,28). The molecule has 6 heteroatoms. The third kappa shape index (κ3) is 5.61. The number of methoxy groups -OCH3 is 1. The molecule has 0 aliphatic carbocycles. The van der Waals surface area contributed by atoms with Gasteiger partial charge in [0.05, 0.1) is 17.2 Å². The van der Waals surface area contributed by atoms with Crippen molar-refractivity contribution in [1.29, 1.82) is 0 Å². The van der Waals surface area contributed by atoms with Crippen LogP contribution in [0.4, 0.5) is 0 Å². The molecule has 0 atom stereocenters. The molecule has 1 N–H and O–H groups in total. The molecule has 0 heterocycles. The molecule has 3 rings (SSSR count). The van der Waals surface area contributed by atoms with Gasteiger partial charge in [0.1, 0.15) is 23.1 Å². The molecule has 0 aliphatic rings. The van der Waals surface area contributed by atoms with Crippen LogP contribution >= 0.6 is 35.4 Å². The van der Waals surface area contributed by atoms with Crippen molar-refractivity contribution >= 4 is 40.4 Å². The molecule has 0 amide bonds. The van der Waals surface area contributed by atoms with E-state index in [1.807, 2.05) is 54.6 Å². The van der Waals surface area contributed by atoms with Crippen molar-refractivity contribution in [3.05, 3.63) is 93.5 Å². The molecule has 144 valence electrons. The number of rotatable bonds is 7. The van der Waals surface area contributed by atoms with E-state index in [1.54, 1.807) is 19.2 Å². The van der Waals surface area contributed by atoms with Crippen LogP contribution in [0.25, 0.3) is 0 Å². The van der Waals surface area contributed by atoms with Gasteiger partial charge in [0.25, 0.3) is 0 Å². The summed E-state index contributed by atoms with van der Waals surface area (Å²) in [6.07, 6.45) is 0. The van der Waals surface area contributed by atoms with Crippen molar-refractivity contribution in [2.45, 2.75) is 13.2 Å². The molecule has 28 heavy (non-hydrogen) atoms. The lowest BCUT2D eigenvalue weighted by atomic mass is 10.2. The van der Waals surface area contributed by atoms with Gasteiger partial charge >= 0.3 is 0 Å². The maximum atomic E-state index is 6.04. The average Bonchev–Trinajstić information content (AvgIpc) is 2.73. The first kappa shape index (κ1) is 20.5. The van der Waals surface area contributed by atoms with Gasteiger partial charge < -0.3 is 14.8 Å². The minimum absolute atomic E-state index is 0.395.